The quantitative estimate of drug-likeness (QED) is 0.702. The molecule has 2 aromatic heterocycles. The average Bonchev–Trinajstić information content (AvgIpc) is 3.11. The number of carboxylic acids is 2. The molecule has 0 atom stereocenters. The highest BCUT2D eigenvalue weighted by atomic mass is 32.1. The van der Waals surface area contributed by atoms with Crippen LogP contribution < -0.4 is 0 Å². The van der Waals surface area contributed by atoms with Crippen molar-refractivity contribution in [2.45, 2.75) is 20.3 Å². The maximum atomic E-state index is 11.5. The number of hydrogen-bond donors (Lipinski definition) is 2. The molecular formula is C19H16N2O4S. The van der Waals surface area contributed by atoms with E-state index in [4.69, 9.17) is 0 Å². The van der Waals surface area contributed by atoms with E-state index in [1.807, 2.05) is 19.1 Å². The number of aromatic carboxylic acids is 2. The average molecular weight is 368 g/mol. The molecule has 26 heavy (non-hydrogen) atoms. The summed E-state index contributed by atoms with van der Waals surface area (Å²) in [6.45, 7) is 3.51. The highest BCUT2D eigenvalue weighted by Gasteiger charge is 2.19. The van der Waals surface area contributed by atoms with Crippen LogP contribution in [0.4, 0.5) is 0 Å². The predicted molar refractivity (Wildman–Crippen MR) is 98.8 cm³/mol. The number of pyridine rings is 1. The topological polar surface area (TPSA) is 100 Å². The molecule has 0 saturated heterocycles. The molecule has 7 heteroatoms. The van der Waals surface area contributed by atoms with E-state index in [1.54, 1.807) is 11.6 Å². The largest absolute Gasteiger partial charge is 0.478 e. The number of benzene rings is 1. The first-order chi connectivity index (χ1) is 12.4. The second-order valence-electron chi connectivity index (χ2n) is 5.73. The highest BCUT2D eigenvalue weighted by Crippen LogP contribution is 2.31. The van der Waals surface area contributed by atoms with Gasteiger partial charge in [0.05, 0.1) is 16.8 Å². The molecule has 1 aromatic carbocycles. The van der Waals surface area contributed by atoms with Gasteiger partial charge in [-0.3, -0.25) is 4.98 Å². The van der Waals surface area contributed by atoms with E-state index >= 15 is 0 Å². The van der Waals surface area contributed by atoms with Crippen molar-refractivity contribution in [2.24, 2.45) is 0 Å². The molecule has 0 unspecified atom stereocenters. The summed E-state index contributed by atoms with van der Waals surface area (Å²) in [6.07, 6.45) is 2.54. The minimum Gasteiger partial charge on any atom is -0.478 e. The Bertz CT molecular complexity index is 975. The zero-order valence-electron chi connectivity index (χ0n) is 14.2. The van der Waals surface area contributed by atoms with Gasteiger partial charge < -0.3 is 10.2 Å². The Labute approximate surface area is 153 Å². The summed E-state index contributed by atoms with van der Waals surface area (Å²) in [7, 11) is 0. The first-order valence-electron chi connectivity index (χ1n) is 7.93. The second-order valence-corrected chi connectivity index (χ2v) is 6.59. The lowest BCUT2D eigenvalue weighted by Crippen LogP contribution is -2.07. The van der Waals surface area contributed by atoms with Crippen molar-refractivity contribution in [3.05, 3.63) is 58.2 Å². The number of nitrogens with zero attached hydrogens (tertiary/aromatic N) is 2. The van der Waals surface area contributed by atoms with Gasteiger partial charge in [-0.1, -0.05) is 6.92 Å². The van der Waals surface area contributed by atoms with Crippen molar-refractivity contribution in [1.82, 2.24) is 9.97 Å². The highest BCUT2D eigenvalue weighted by molar-refractivity contribution is 7.13. The van der Waals surface area contributed by atoms with Crippen molar-refractivity contribution in [2.75, 3.05) is 0 Å². The molecule has 132 valence electrons. The zero-order valence-corrected chi connectivity index (χ0v) is 15.0. The Kier molecular flexibility index (Phi) is 4.81. The van der Waals surface area contributed by atoms with E-state index in [0.717, 1.165) is 22.7 Å². The molecule has 0 aliphatic rings. The van der Waals surface area contributed by atoms with Crippen LogP contribution in [0.15, 0.2) is 35.8 Å². The van der Waals surface area contributed by atoms with Crippen molar-refractivity contribution in [3.63, 3.8) is 0 Å². The molecule has 6 nitrogen and oxygen atoms in total. The molecule has 0 saturated carbocycles. The van der Waals surface area contributed by atoms with Crippen molar-refractivity contribution in [1.29, 1.82) is 0 Å². The van der Waals surface area contributed by atoms with Gasteiger partial charge in [0.2, 0.25) is 0 Å². The molecular weight excluding hydrogens is 352 g/mol. The first-order valence-corrected chi connectivity index (χ1v) is 8.81. The third-order valence-corrected chi connectivity index (χ3v) is 4.99. The smallest absolute Gasteiger partial charge is 0.336 e. The third kappa shape index (κ3) is 3.34. The molecule has 2 heterocycles. The van der Waals surface area contributed by atoms with Gasteiger partial charge in [0, 0.05) is 28.4 Å². The monoisotopic (exact) mass is 368 g/mol. The molecule has 3 aromatic rings. The Morgan fingerprint density at radius 3 is 2.31 bits per heavy atom. The molecule has 0 spiro atoms. The van der Waals surface area contributed by atoms with Crippen LogP contribution in [-0.2, 0) is 6.42 Å². The molecule has 0 aliphatic carbocycles. The van der Waals surface area contributed by atoms with Gasteiger partial charge in [-0.15, -0.1) is 11.3 Å². The fraction of sp³-hybridized carbons (Fsp3) is 0.158. The van der Waals surface area contributed by atoms with Gasteiger partial charge in [-0.2, -0.15) is 0 Å². The molecule has 0 radical (unpaired) electrons. The molecule has 2 N–H and O–H groups in total. The van der Waals surface area contributed by atoms with Crippen LogP contribution in [0.3, 0.4) is 0 Å². The van der Waals surface area contributed by atoms with Crippen LogP contribution in [-0.4, -0.2) is 32.1 Å². The summed E-state index contributed by atoms with van der Waals surface area (Å²) in [5.41, 5.74) is 3.06. The fourth-order valence-electron chi connectivity index (χ4n) is 2.65. The van der Waals surface area contributed by atoms with E-state index in [2.05, 4.69) is 9.97 Å². The molecule has 0 fully saturated rings. The van der Waals surface area contributed by atoms with Crippen LogP contribution in [0.1, 0.15) is 38.9 Å². The molecule has 3 rings (SSSR count). The summed E-state index contributed by atoms with van der Waals surface area (Å²) in [5.74, 6) is -2.33. The fourth-order valence-corrected chi connectivity index (χ4v) is 3.48. The summed E-state index contributed by atoms with van der Waals surface area (Å²) in [4.78, 5) is 31.7. The maximum Gasteiger partial charge on any atom is 0.336 e. The van der Waals surface area contributed by atoms with Crippen LogP contribution in [0.5, 0.6) is 0 Å². The minimum atomic E-state index is -1.16. The van der Waals surface area contributed by atoms with Crippen LogP contribution in [0.25, 0.3) is 21.8 Å². The third-order valence-electron chi connectivity index (χ3n) is 4.09. The van der Waals surface area contributed by atoms with Crippen molar-refractivity contribution < 1.29 is 19.8 Å². The first kappa shape index (κ1) is 17.8. The lowest BCUT2D eigenvalue weighted by molar-refractivity contribution is 0.0696. The number of aromatic nitrogens is 2. The van der Waals surface area contributed by atoms with E-state index in [9.17, 15) is 19.8 Å². The summed E-state index contributed by atoms with van der Waals surface area (Å²) >= 11 is 1.42. The van der Waals surface area contributed by atoms with E-state index in [1.165, 1.54) is 30.4 Å². The normalized spacial score (nSPS) is 10.7. The molecule has 0 aliphatic heterocycles. The van der Waals surface area contributed by atoms with E-state index in [0.29, 0.717) is 11.3 Å². The maximum absolute atomic E-state index is 11.5. The number of carbonyl (C=O) groups is 2. The standard InChI is InChI=1S/C19H16N2O4S/c1-3-13-6-11(4-5-20-13)17-21-16(9-26-17)12-7-14(18(22)23)10(2)15(8-12)19(24)25/h4-9H,3H2,1-2H3,(H,22,23)(H,24,25). The number of thiazole rings is 1. The van der Waals surface area contributed by atoms with E-state index < -0.39 is 11.9 Å². The van der Waals surface area contributed by atoms with Gasteiger partial charge in [0.15, 0.2) is 0 Å². The predicted octanol–water partition coefficient (Wildman–Crippen LogP) is 4.14. The SMILES string of the molecule is CCc1cc(-c2nc(-c3cc(C(=O)O)c(C)c(C(=O)O)c3)cs2)ccn1. The summed E-state index contributed by atoms with van der Waals surface area (Å²) in [6, 6.07) is 6.76. The van der Waals surface area contributed by atoms with Gasteiger partial charge in [-0.05, 0) is 43.2 Å². The number of carboxylic acid groups (broad SMARTS) is 2. The number of aryl methyl sites for hydroxylation is 1. The van der Waals surface area contributed by atoms with E-state index in [-0.39, 0.29) is 16.7 Å². The van der Waals surface area contributed by atoms with Gasteiger partial charge in [0.25, 0.3) is 0 Å². The Hall–Kier alpha value is -3.06. The second kappa shape index (κ2) is 7.05. The summed E-state index contributed by atoms with van der Waals surface area (Å²) in [5, 5.41) is 21.3. The van der Waals surface area contributed by atoms with Gasteiger partial charge in [0.1, 0.15) is 5.01 Å². The molecule has 0 amide bonds. The van der Waals surface area contributed by atoms with Crippen LogP contribution in [0.2, 0.25) is 0 Å². The van der Waals surface area contributed by atoms with Crippen molar-refractivity contribution in [3.8, 4) is 21.8 Å². The zero-order chi connectivity index (χ0) is 18.8. The van der Waals surface area contributed by atoms with Crippen molar-refractivity contribution >= 4 is 23.3 Å². The van der Waals surface area contributed by atoms with Gasteiger partial charge in [-0.25, -0.2) is 14.6 Å². The van der Waals surface area contributed by atoms with Crippen LogP contribution >= 0.6 is 11.3 Å². The number of hydrogen-bond acceptors (Lipinski definition) is 5. The Balaban J connectivity index is 2.09. The van der Waals surface area contributed by atoms with Crippen LogP contribution in [0, 0.1) is 6.92 Å². The molecule has 0 bridgehead atoms. The van der Waals surface area contributed by atoms with Gasteiger partial charge >= 0.3 is 11.9 Å². The lowest BCUT2D eigenvalue weighted by atomic mass is 9.97. The number of rotatable bonds is 5. The Morgan fingerprint density at radius 2 is 1.73 bits per heavy atom. The summed E-state index contributed by atoms with van der Waals surface area (Å²) < 4.78 is 0. The lowest BCUT2D eigenvalue weighted by Gasteiger charge is -2.08. The Morgan fingerprint density at radius 1 is 1.08 bits per heavy atom. The minimum absolute atomic E-state index is 0.0355.